The molecule has 1 saturated heterocycles. The summed E-state index contributed by atoms with van der Waals surface area (Å²) in [5.74, 6) is -4.78. The number of anilines is 1. The fourth-order valence-electron chi connectivity index (χ4n) is 4.96. The van der Waals surface area contributed by atoms with Crippen LogP contribution in [0.15, 0.2) is 88.0 Å². The highest BCUT2D eigenvalue weighted by atomic mass is 16.4. The molecule has 1 aliphatic heterocycles. The molecule has 0 bridgehead atoms. The molecule has 1 aromatic heterocycles. The lowest BCUT2D eigenvalue weighted by Crippen LogP contribution is -2.56. The molecule has 0 unspecified atom stereocenters. The molecule has 0 aliphatic carbocycles. The van der Waals surface area contributed by atoms with E-state index in [0.717, 1.165) is 18.9 Å². The number of nitrogens with zero attached hydrogens (tertiary/aromatic N) is 4. The quantitative estimate of drug-likeness (QED) is 0.135. The molecule has 0 saturated carbocycles. The number of hydrogen-bond donors (Lipinski definition) is 3. The molecule has 4 amide bonds. The summed E-state index contributed by atoms with van der Waals surface area (Å²) in [4.78, 5) is 90.8. The van der Waals surface area contributed by atoms with Crippen LogP contribution in [0.3, 0.4) is 0 Å². The van der Waals surface area contributed by atoms with Gasteiger partial charge in [0.15, 0.2) is 0 Å². The van der Waals surface area contributed by atoms with E-state index in [4.69, 9.17) is 0 Å². The fraction of sp³-hybridized carbons (Fsp3) is 0.229. The number of aromatic carboxylic acids is 2. The number of hydrogen-bond acceptors (Lipinski definition) is 8. The number of barbiturate groups is 1. The van der Waals surface area contributed by atoms with E-state index in [-0.39, 0.29) is 46.7 Å². The van der Waals surface area contributed by atoms with Crippen molar-refractivity contribution < 1.29 is 39.3 Å². The summed E-state index contributed by atoms with van der Waals surface area (Å²) < 4.78 is 1.87. The number of carboxylic acids is 2. The highest BCUT2D eigenvalue weighted by Gasteiger charge is 2.42. The zero-order valence-corrected chi connectivity index (χ0v) is 26.7. The lowest BCUT2D eigenvalue weighted by Gasteiger charge is -2.33. The third kappa shape index (κ3) is 7.48. The summed E-state index contributed by atoms with van der Waals surface area (Å²) in [6, 6.07) is 9.37. The van der Waals surface area contributed by atoms with Gasteiger partial charge in [0.05, 0.1) is 22.5 Å². The summed E-state index contributed by atoms with van der Waals surface area (Å²) in [6.45, 7) is 3.86. The van der Waals surface area contributed by atoms with Crippen LogP contribution in [0.5, 0.6) is 5.88 Å². The highest BCUT2D eigenvalue weighted by molar-refractivity contribution is 6.37. The van der Waals surface area contributed by atoms with Gasteiger partial charge in [0.25, 0.3) is 17.4 Å². The second-order valence-electron chi connectivity index (χ2n) is 10.9. The SMILES string of the molecule is CCCCN1C(=O)/C(=C/C=C/C=C/c2c(O)n(-c3ccc(C(=O)O)cc3)c(=O)n(CCCC)c2=O)C(=O)N(c2ccc(C(=O)O)cc2)C1=O. The Hall–Kier alpha value is -6.31. The van der Waals surface area contributed by atoms with Crippen molar-refractivity contribution in [1.29, 1.82) is 0 Å². The number of imide groups is 2. The number of aromatic hydroxyl groups is 1. The first-order chi connectivity index (χ1) is 23.4. The smallest absolute Gasteiger partial charge is 0.338 e. The number of carboxylic acid groups (broad SMARTS) is 2. The van der Waals surface area contributed by atoms with Crippen LogP contribution in [0.1, 0.15) is 65.8 Å². The zero-order chi connectivity index (χ0) is 35.8. The number of rotatable bonds is 13. The maximum atomic E-state index is 13.4. The van der Waals surface area contributed by atoms with Crippen molar-refractivity contribution in [3.8, 4) is 11.6 Å². The van der Waals surface area contributed by atoms with E-state index >= 15 is 0 Å². The van der Waals surface area contributed by atoms with E-state index < -0.39 is 46.9 Å². The van der Waals surface area contributed by atoms with E-state index in [9.17, 15) is 48.9 Å². The minimum Gasteiger partial charge on any atom is -0.494 e. The number of allylic oxidation sites excluding steroid dienone is 4. The van der Waals surface area contributed by atoms with Crippen LogP contribution in [0.4, 0.5) is 10.5 Å². The summed E-state index contributed by atoms with van der Waals surface area (Å²) in [6.07, 6.45) is 8.80. The molecule has 0 spiro atoms. The lowest BCUT2D eigenvalue weighted by molar-refractivity contribution is -0.129. The molecular weight excluding hydrogens is 636 g/mol. The minimum absolute atomic E-state index is 0.0398. The Kier molecular flexibility index (Phi) is 11.3. The van der Waals surface area contributed by atoms with Gasteiger partial charge in [-0.15, -0.1) is 0 Å². The molecule has 49 heavy (non-hydrogen) atoms. The Balaban J connectivity index is 1.71. The molecule has 3 N–H and O–H groups in total. The zero-order valence-electron chi connectivity index (χ0n) is 26.7. The standard InChI is InChI=1S/C35H34N4O10/c1-3-5-20-36-28(40)26(30(42)38(34(36)48)24-16-12-22(13-17-24)32(44)45)10-8-7-9-11-27-29(41)37(21-6-4-2)35(49)39(31(27)43)25-18-14-23(15-19-25)33(46)47/h7-19,42H,3-6,20-21H2,1-2H3,(H,44,45)(H,46,47)/b9-7+,10-8+,27-11-. The Labute approximate surface area is 279 Å². The van der Waals surface area contributed by atoms with E-state index in [0.29, 0.717) is 25.7 Å². The van der Waals surface area contributed by atoms with Gasteiger partial charge in [-0.1, -0.05) is 44.9 Å². The first kappa shape index (κ1) is 35.5. The van der Waals surface area contributed by atoms with Crippen molar-refractivity contribution in [2.45, 2.75) is 46.1 Å². The van der Waals surface area contributed by atoms with Gasteiger partial charge < -0.3 is 15.3 Å². The second kappa shape index (κ2) is 15.5. The first-order valence-electron chi connectivity index (χ1n) is 15.4. The maximum Gasteiger partial charge on any atom is 0.338 e. The number of amides is 4. The van der Waals surface area contributed by atoms with Crippen LogP contribution in [0, 0.1) is 0 Å². The third-order valence-corrected chi connectivity index (χ3v) is 7.65. The summed E-state index contributed by atoms with van der Waals surface area (Å²) >= 11 is 0. The van der Waals surface area contributed by atoms with E-state index in [1.54, 1.807) is 0 Å². The van der Waals surface area contributed by atoms with Crippen molar-refractivity contribution in [1.82, 2.24) is 14.0 Å². The number of benzene rings is 2. The number of unbranched alkanes of at least 4 members (excludes halogenated alkanes) is 2. The van der Waals surface area contributed by atoms with Crippen LogP contribution >= 0.6 is 0 Å². The van der Waals surface area contributed by atoms with Gasteiger partial charge in [0, 0.05) is 13.1 Å². The molecule has 1 fully saturated rings. The lowest BCUT2D eigenvalue weighted by atomic mass is 10.1. The molecule has 3 aromatic rings. The summed E-state index contributed by atoms with van der Waals surface area (Å²) in [7, 11) is 0. The van der Waals surface area contributed by atoms with Crippen LogP contribution in [-0.2, 0) is 16.1 Å². The first-order valence-corrected chi connectivity index (χ1v) is 15.4. The molecule has 0 atom stereocenters. The van der Waals surface area contributed by atoms with Gasteiger partial charge >= 0.3 is 23.7 Å². The number of aromatic nitrogens is 2. The number of carbonyl (C=O) groups is 5. The van der Waals surface area contributed by atoms with Crippen molar-refractivity contribution in [3.63, 3.8) is 0 Å². The van der Waals surface area contributed by atoms with Gasteiger partial charge in [0.2, 0.25) is 5.88 Å². The molecule has 4 rings (SSSR count). The predicted molar refractivity (Wildman–Crippen MR) is 179 cm³/mol. The average molecular weight is 671 g/mol. The Morgan fingerprint density at radius 2 is 1.27 bits per heavy atom. The van der Waals surface area contributed by atoms with E-state index in [1.165, 1.54) is 78.9 Å². The van der Waals surface area contributed by atoms with Gasteiger partial charge in [-0.05, 0) is 73.5 Å². The molecular formula is C35H34N4O10. The molecule has 0 radical (unpaired) electrons. The van der Waals surface area contributed by atoms with E-state index in [2.05, 4.69) is 0 Å². The van der Waals surface area contributed by atoms with Crippen LogP contribution in [-0.4, -0.2) is 65.7 Å². The Bertz CT molecular complexity index is 2000. The topological polar surface area (TPSA) is 197 Å². The monoisotopic (exact) mass is 670 g/mol. The fourth-order valence-corrected chi connectivity index (χ4v) is 4.96. The Morgan fingerprint density at radius 1 is 0.714 bits per heavy atom. The van der Waals surface area contributed by atoms with Crippen molar-refractivity contribution in [2.24, 2.45) is 0 Å². The van der Waals surface area contributed by atoms with E-state index in [1.807, 2.05) is 13.8 Å². The third-order valence-electron chi connectivity index (χ3n) is 7.65. The molecule has 1 aliphatic rings. The van der Waals surface area contributed by atoms with Gasteiger partial charge in [-0.25, -0.2) is 28.6 Å². The summed E-state index contributed by atoms with van der Waals surface area (Å²) in [5.41, 5.74) is -2.04. The van der Waals surface area contributed by atoms with Crippen LogP contribution < -0.4 is 16.1 Å². The molecule has 14 heteroatoms. The average Bonchev–Trinajstić information content (AvgIpc) is 3.07. The molecule has 14 nitrogen and oxygen atoms in total. The van der Waals surface area contributed by atoms with Gasteiger partial charge in [-0.3, -0.25) is 23.9 Å². The second-order valence-corrected chi connectivity index (χ2v) is 10.9. The van der Waals surface area contributed by atoms with Crippen LogP contribution in [0.2, 0.25) is 0 Å². The molecule has 254 valence electrons. The normalized spacial score (nSPS) is 14.5. The number of carbonyl (C=O) groups excluding carboxylic acids is 3. The van der Waals surface area contributed by atoms with Crippen molar-refractivity contribution in [3.05, 3.63) is 116 Å². The van der Waals surface area contributed by atoms with Gasteiger partial charge in [-0.2, -0.15) is 0 Å². The van der Waals surface area contributed by atoms with Crippen molar-refractivity contribution in [2.75, 3.05) is 11.4 Å². The molecule has 2 aromatic carbocycles. The largest absolute Gasteiger partial charge is 0.494 e. The summed E-state index contributed by atoms with van der Waals surface area (Å²) in [5, 5.41) is 29.5. The Morgan fingerprint density at radius 3 is 1.82 bits per heavy atom. The molecule has 2 heterocycles. The van der Waals surface area contributed by atoms with Crippen molar-refractivity contribution >= 4 is 41.5 Å². The predicted octanol–water partition coefficient (Wildman–Crippen LogP) is 4.19. The van der Waals surface area contributed by atoms with Gasteiger partial charge in [0.1, 0.15) is 11.1 Å². The highest BCUT2D eigenvalue weighted by Crippen LogP contribution is 2.26. The number of urea groups is 1. The van der Waals surface area contributed by atoms with Crippen LogP contribution in [0.25, 0.3) is 11.8 Å². The minimum atomic E-state index is -1.19. The maximum absolute atomic E-state index is 13.4.